The zero-order chi connectivity index (χ0) is 17.4. The van der Waals surface area contributed by atoms with E-state index in [1.165, 1.54) is 7.11 Å². The minimum Gasteiger partial charge on any atom is -0.497 e. The molecule has 7 nitrogen and oxygen atoms in total. The number of benzene rings is 1. The van der Waals surface area contributed by atoms with Crippen LogP contribution in [0.3, 0.4) is 0 Å². The lowest BCUT2D eigenvalue weighted by molar-refractivity contribution is -0.146. The predicted molar refractivity (Wildman–Crippen MR) is 79.4 cm³/mol. The quantitative estimate of drug-likeness (QED) is 0.659. The zero-order valence-electron chi connectivity index (χ0n) is 12.9. The standard InChI is InChI=1S/C15H19FN2O5/c1-22-10-5-3-9(4-6-10)7-13(19)18-12(15(21)23-2)8-11(16)14(17)20/h3-6,11-12H,7-8H2,1-2H3,(H2,17,20)(H,18,19)/t11-,12+/m1/s1. The molecule has 1 aromatic carbocycles. The highest BCUT2D eigenvalue weighted by molar-refractivity contribution is 5.86. The summed E-state index contributed by atoms with van der Waals surface area (Å²) < 4.78 is 22.9. The van der Waals surface area contributed by atoms with E-state index in [0.717, 1.165) is 7.11 Å². The number of amides is 2. The molecule has 8 heteroatoms. The number of rotatable bonds is 8. The summed E-state index contributed by atoms with van der Waals surface area (Å²) in [4.78, 5) is 34.3. The number of primary amides is 1. The average molecular weight is 326 g/mol. The van der Waals surface area contributed by atoms with Gasteiger partial charge >= 0.3 is 5.97 Å². The predicted octanol–water partition coefficient (Wildman–Crippen LogP) is 0.109. The summed E-state index contributed by atoms with van der Waals surface area (Å²) in [7, 11) is 2.62. The van der Waals surface area contributed by atoms with Crippen LogP contribution in [0.5, 0.6) is 5.75 Å². The molecular formula is C15H19FN2O5. The van der Waals surface area contributed by atoms with Crippen LogP contribution in [0, 0.1) is 0 Å². The number of nitrogens with two attached hydrogens (primary N) is 1. The number of hydrogen-bond donors (Lipinski definition) is 2. The Hall–Kier alpha value is -2.64. The first-order valence-corrected chi connectivity index (χ1v) is 6.81. The number of methoxy groups -OCH3 is 2. The summed E-state index contributed by atoms with van der Waals surface area (Å²) in [5.41, 5.74) is 5.50. The molecule has 0 saturated heterocycles. The third-order valence-corrected chi connectivity index (χ3v) is 3.10. The van der Waals surface area contributed by atoms with Crippen molar-refractivity contribution >= 4 is 17.8 Å². The molecule has 0 unspecified atom stereocenters. The van der Waals surface area contributed by atoms with Crippen LogP contribution >= 0.6 is 0 Å². The molecule has 0 aromatic heterocycles. The summed E-state index contributed by atoms with van der Waals surface area (Å²) in [6.07, 6.45) is -2.65. The van der Waals surface area contributed by atoms with Gasteiger partial charge in [-0.15, -0.1) is 0 Å². The van der Waals surface area contributed by atoms with Crippen LogP contribution in [0.25, 0.3) is 0 Å². The molecule has 0 aliphatic heterocycles. The van der Waals surface area contributed by atoms with Gasteiger partial charge in [-0.25, -0.2) is 9.18 Å². The molecule has 1 rings (SSSR count). The van der Waals surface area contributed by atoms with E-state index in [9.17, 15) is 18.8 Å². The number of esters is 1. The first-order chi connectivity index (χ1) is 10.9. The molecule has 2 atom stereocenters. The fraction of sp³-hybridized carbons (Fsp3) is 0.400. The summed E-state index contributed by atoms with van der Waals surface area (Å²) >= 11 is 0. The number of halogens is 1. The third-order valence-electron chi connectivity index (χ3n) is 3.10. The van der Waals surface area contributed by atoms with E-state index in [4.69, 9.17) is 10.5 Å². The molecule has 0 bridgehead atoms. The van der Waals surface area contributed by atoms with Crippen molar-refractivity contribution in [3.8, 4) is 5.75 Å². The van der Waals surface area contributed by atoms with Crippen molar-refractivity contribution < 1.29 is 28.2 Å². The molecule has 0 saturated carbocycles. The number of hydrogen-bond acceptors (Lipinski definition) is 5. The first kappa shape index (κ1) is 18.4. The lowest BCUT2D eigenvalue weighted by Gasteiger charge is -2.17. The number of ether oxygens (including phenoxy) is 2. The van der Waals surface area contributed by atoms with Gasteiger partial charge in [-0.1, -0.05) is 12.1 Å². The highest BCUT2D eigenvalue weighted by Crippen LogP contribution is 2.12. The Kier molecular flexibility index (Phi) is 6.98. The Bertz CT molecular complexity index is 561. The van der Waals surface area contributed by atoms with Crippen molar-refractivity contribution in [2.45, 2.75) is 25.1 Å². The van der Waals surface area contributed by atoms with E-state index in [1.807, 2.05) is 0 Å². The Morgan fingerprint density at radius 2 is 1.83 bits per heavy atom. The van der Waals surface area contributed by atoms with Crippen molar-refractivity contribution in [3.05, 3.63) is 29.8 Å². The Morgan fingerprint density at radius 3 is 2.30 bits per heavy atom. The van der Waals surface area contributed by atoms with Crippen LogP contribution in [0.15, 0.2) is 24.3 Å². The van der Waals surface area contributed by atoms with Crippen molar-refractivity contribution in [1.82, 2.24) is 5.32 Å². The van der Waals surface area contributed by atoms with Gasteiger partial charge in [0.1, 0.15) is 11.8 Å². The monoisotopic (exact) mass is 326 g/mol. The molecule has 1 aromatic rings. The molecule has 3 N–H and O–H groups in total. The first-order valence-electron chi connectivity index (χ1n) is 6.81. The van der Waals surface area contributed by atoms with Gasteiger partial charge in [-0.2, -0.15) is 0 Å². The Labute approximate surface area is 132 Å². The summed E-state index contributed by atoms with van der Waals surface area (Å²) in [5.74, 6) is -1.93. The van der Waals surface area contributed by atoms with Gasteiger partial charge < -0.3 is 20.5 Å². The molecule has 23 heavy (non-hydrogen) atoms. The lowest BCUT2D eigenvalue weighted by Crippen LogP contribution is -2.45. The number of carbonyl (C=O) groups excluding carboxylic acids is 3. The molecule has 0 radical (unpaired) electrons. The molecule has 2 amide bonds. The fourth-order valence-corrected chi connectivity index (χ4v) is 1.85. The van der Waals surface area contributed by atoms with Crippen LogP contribution in [0.2, 0.25) is 0 Å². The van der Waals surface area contributed by atoms with E-state index in [2.05, 4.69) is 10.1 Å². The Morgan fingerprint density at radius 1 is 1.22 bits per heavy atom. The van der Waals surface area contributed by atoms with Crippen molar-refractivity contribution in [3.63, 3.8) is 0 Å². The van der Waals surface area contributed by atoms with Gasteiger partial charge in [0.15, 0.2) is 6.17 Å². The zero-order valence-corrected chi connectivity index (χ0v) is 12.9. The van der Waals surface area contributed by atoms with Gasteiger partial charge in [0, 0.05) is 6.42 Å². The molecule has 0 aliphatic rings. The van der Waals surface area contributed by atoms with E-state index in [0.29, 0.717) is 11.3 Å². The lowest BCUT2D eigenvalue weighted by atomic mass is 10.1. The number of alkyl halides is 1. The normalized spacial score (nSPS) is 12.8. The van der Waals surface area contributed by atoms with E-state index >= 15 is 0 Å². The highest BCUT2D eigenvalue weighted by atomic mass is 19.1. The second-order valence-electron chi connectivity index (χ2n) is 4.77. The maximum atomic E-state index is 13.4. The summed E-state index contributed by atoms with van der Waals surface area (Å²) in [5, 5.41) is 2.34. The van der Waals surface area contributed by atoms with Crippen LogP contribution in [0.4, 0.5) is 4.39 Å². The molecule has 0 spiro atoms. The minimum atomic E-state index is -2.06. The van der Waals surface area contributed by atoms with Crippen LogP contribution in [-0.2, 0) is 25.5 Å². The second kappa shape index (κ2) is 8.72. The van der Waals surface area contributed by atoms with Crippen LogP contribution in [-0.4, -0.2) is 44.2 Å². The largest absolute Gasteiger partial charge is 0.497 e. The van der Waals surface area contributed by atoms with Gasteiger partial charge in [0.2, 0.25) is 5.91 Å². The van der Waals surface area contributed by atoms with Gasteiger partial charge in [0.05, 0.1) is 20.6 Å². The highest BCUT2D eigenvalue weighted by Gasteiger charge is 2.28. The molecular weight excluding hydrogens is 307 g/mol. The molecule has 0 aliphatic carbocycles. The molecule has 0 fully saturated rings. The average Bonchev–Trinajstić information content (AvgIpc) is 2.53. The maximum Gasteiger partial charge on any atom is 0.328 e. The maximum absolute atomic E-state index is 13.4. The van der Waals surface area contributed by atoms with E-state index in [1.54, 1.807) is 24.3 Å². The summed E-state index contributed by atoms with van der Waals surface area (Å²) in [6.45, 7) is 0. The fourth-order valence-electron chi connectivity index (χ4n) is 1.85. The smallest absolute Gasteiger partial charge is 0.328 e. The van der Waals surface area contributed by atoms with Crippen molar-refractivity contribution in [2.75, 3.05) is 14.2 Å². The molecule has 0 heterocycles. The van der Waals surface area contributed by atoms with Gasteiger partial charge in [0.25, 0.3) is 5.91 Å². The number of nitrogens with one attached hydrogen (secondary N) is 1. The van der Waals surface area contributed by atoms with Crippen LogP contribution in [0.1, 0.15) is 12.0 Å². The van der Waals surface area contributed by atoms with Crippen molar-refractivity contribution in [2.24, 2.45) is 5.73 Å². The van der Waals surface area contributed by atoms with E-state index in [-0.39, 0.29) is 6.42 Å². The van der Waals surface area contributed by atoms with Crippen LogP contribution < -0.4 is 15.8 Å². The van der Waals surface area contributed by atoms with E-state index < -0.39 is 36.4 Å². The second-order valence-corrected chi connectivity index (χ2v) is 4.77. The molecule has 126 valence electrons. The van der Waals surface area contributed by atoms with Gasteiger partial charge in [-0.3, -0.25) is 9.59 Å². The summed E-state index contributed by atoms with van der Waals surface area (Å²) in [6, 6.07) is 5.46. The number of carbonyl (C=O) groups is 3. The topological polar surface area (TPSA) is 108 Å². The van der Waals surface area contributed by atoms with Crippen molar-refractivity contribution in [1.29, 1.82) is 0 Å². The van der Waals surface area contributed by atoms with Gasteiger partial charge in [-0.05, 0) is 17.7 Å². The Balaban J connectivity index is 2.68. The SMILES string of the molecule is COC(=O)[C@H](C[C@@H](F)C(N)=O)NC(=O)Cc1ccc(OC)cc1. The third kappa shape index (κ3) is 5.93. The minimum absolute atomic E-state index is 0.0228.